The van der Waals surface area contributed by atoms with Gasteiger partial charge in [0, 0.05) is 12.6 Å². The zero-order chi connectivity index (χ0) is 11.7. The maximum absolute atomic E-state index is 5.99. The molecule has 1 unspecified atom stereocenters. The number of ether oxygens (including phenoxy) is 1. The average molecular weight is 255 g/mol. The van der Waals surface area contributed by atoms with Crippen LogP contribution in [0.25, 0.3) is 0 Å². The van der Waals surface area contributed by atoms with Gasteiger partial charge in [0.25, 0.3) is 0 Å². The molecule has 0 bridgehead atoms. The van der Waals surface area contributed by atoms with Crippen LogP contribution in [0.1, 0.15) is 19.3 Å². The Morgan fingerprint density at radius 3 is 3.00 bits per heavy atom. The summed E-state index contributed by atoms with van der Waals surface area (Å²) < 4.78 is 5.62. The molecule has 1 aromatic rings. The summed E-state index contributed by atoms with van der Waals surface area (Å²) in [5, 5.41) is 7.04. The number of nitrogens with one attached hydrogen (secondary N) is 2. The van der Waals surface area contributed by atoms with Gasteiger partial charge in [-0.15, -0.1) is 0 Å². The summed E-state index contributed by atoms with van der Waals surface area (Å²) in [6.07, 6.45) is 5.16. The molecule has 3 rings (SSSR count). The molecule has 0 aromatic carbocycles. The zero-order valence-corrected chi connectivity index (χ0v) is 10.2. The van der Waals surface area contributed by atoms with Crippen LogP contribution in [0.5, 0.6) is 5.88 Å². The molecule has 6 heteroatoms. The molecule has 0 amide bonds. The van der Waals surface area contributed by atoms with E-state index in [-0.39, 0.29) is 0 Å². The molecule has 1 saturated heterocycles. The lowest BCUT2D eigenvalue weighted by Crippen LogP contribution is -2.23. The lowest BCUT2D eigenvalue weighted by Gasteiger charge is -2.12. The third kappa shape index (κ3) is 2.79. The highest BCUT2D eigenvalue weighted by Gasteiger charge is 2.25. The van der Waals surface area contributed by atoms with E-state index in [1.165, 1.54) is 0 Å². The molecule has 17 heavy (non-hydrogen) atoms. The molecule has 92 valence electrons. The number of anilines is 1. The highest BCUT2D eigenvalue weighted by molar-refractivity contribution is 6.31. The van der Waals surface area contributed by atoms with Gasteiger partial charge in [0.15, 0.2) is 0 Å². The number of hydrogen-bond donors (Lipinski definition) is 2. The van der Waals surface area contributed by atoms with Gasteiger partial charge in [-0.3, -0.25) is 0 Å². The van der Waals surface area contributed by atoms with E-state index >= 15 is 0 Å². The van der Waals surface area contributed by atoms with Crippen molar-refractivity contribution < 1.29 is 4.74 Å². The first-order valence-corrected chi connectivity index (χ1v) is 6.35. The maximum atomic E-state index is 5.99. The van der Waals surface area contributed by atoms with E-state index in [9.17, 15) is 0 Å². The predicted molar refractivity (Wildman–Crippen MR) is 65.6 cm³/mol. The van der Waals surface area contributed by atoms with Crippen molar-refractivity contribution in [3.63, 3.8) is 0 Å². The number of halogens is 1. The smallest absolute Gasteiger partial charge is 0.237 e. The Labute approximate surface area is 105 Å². The molecular formula is C11H15ClN4O. The summed E-state index contributed by atoms with van der Waals surface area (Å²) in [5.41, 5.74) is 0. The van der Waals surface area contributed by atoms with Gasteiger partial charge in [0.1, 0.15) is 11.1 Å². The Kier molecular flexibility index (Phi) is 3.03. The Morgan fingerprint density at radius 2 is 2.29 bits per heavy atom. The van der Waals surface area contributed by atoms with Crippen molar-refractivity contribution in [3.05, 3.63) is 11.2 Å². The molecule has 1 aliphatic carbocycles. The number of hydrogen-bond acceptors (Lipinski definition) is 5. The standard InChI is InChI=1S/C11H15ClN4O/c12-9-6-14-11(15-7-3-4-13-5-7)16-10(9)17-8-1-2-8/h6-8,13H,1-5H2,(H,14,15,16). The number of nitrogens with zero attached hydrogens (tertiary/aromatic N) is 2. The van der Waals surface area contributed by atoms with Crippen LogP contribution in [0.3, 0.4) is 0 Å². The Morgan fingerprint density at radius 1 is 1.41 bits per heavy atom. The summed E-state index contributed by atoms with van der Waals surface area (Å²) in [6, 6.07) is 0.393. The first-order valence-electron chi connectivity index (χ1n) is 5.98. The van der Waals surface area contributed by atoms with Gasteiger partial charge < -0.3 is 15.4 Å². The van der Waals surface area contributed by atoms with Gasteiger partial charge in [-0.1, -0.05) is 11.6 Å². The molecule has 5 nitrogen and oxygen atoms in total. The van der Waals surface area contributed by atoms with E-state index < -0.39 is 0 Å². The van der Waals surface area contributed by atoms with Crippen molar-refractivity contribution in [1.29, 1.82) is 0 Å². The first kappa shape index (κ1) is 11.0. The second-order valence-electron chi connectivity index (χ2n) is 4.50. The topological polar surface area (TPSA) is 59.1 Å². The fourth-order valence-electron chi connectivity index (χ4n) is 1.81. The highest BCUT2D eigenvalue weighted by Crippen LogP contribution is 2.30. The normalized spacial score (nSPS) is 23.7. The Balaban J connectivity index is 1.70. The van der Waals surface area contributed by atoms with Crippen LogP contribution in [0.4, 0.5) is 5.95 Å². The van der Waals surface area contributed by atoms with Gasteiger partial charge >= 0.3 is 0 Å². The van der Waals surface area contributed by atoms with Gasteiger partial charge in [0.05, 0.1) is 6.20 Å². The van der Waals surface area contributed by atoms with E-state index in [0.717, 1.165) is 32.4 Å². The maximum Gasteiger partial charge on any atom is 0.237 e. The molecule has 0 spiro atoms. The summed E-state index contributed by atoms with van der Waals surface area (Å²) in [5.74, 6) is 1.09. The van der Waals surface area contributed by atoms with Crippen molar-refractivity contribution in [3.8, 4) is 5.88 Å². The van der Waals surface area contributed by atoms with E-state index in [2.05, 4.69) is 20.6 Å². The molecule has 2 fully saturated rings. The molecule has 1 saturated carbocycles. The highest BCUT2D eigenvalue weighted by atomic mass is 35.5. The van der Waals surface area contributed by atoms with Crippen LogP contribution in [0.2, 0.25) is 5.02 Å². The lowest BCUT2D eigenvalue weighted by atomic mass is 10.3. The van der Waals surface area contributed by atoms with E-state index in [0.29, 0.717) is 29.0 Å². The predicted octanol–water partition coefficient (Wildman–Crippen LogP) is 1.45. The second kappa shape index (κ2) is 4.66. The van der Waals surface area contributed by atoms with Gasteiger partial charge in [-0.05, 0) is 25.8 Å². The van der Waals surface area contributed by atoms with Crippen LogP contribution >= 0.6 is 11.6 Å². The fourth-order valence-corrected chi connectivity index (χ4v) is 1.94. The summed E-state index contributed by atoms with van der Waals surface area (Å²) in [4.78, 5) is 8.48. The first-order chi connectivity index (χ1) is 8.31. The molecule has 1 aliphatic heterocycles. The van der Waals surface area contributed by atoms with Crippen LogP contribution in [0.15, 0.2) is 6.20 Å². The lowest BCUT2D eigenvalue weighted by molar-refractivity contribution is 0.291. The van der Waals surface area contributed by atoms with Gasteiger partial charge in [-0.25, -0.2) is 4.98 Å². The molecule has 1 atom stereocenters. The average Bonchev–Trinajstić information content (AvgIpc) is 2.98. The summed E-state index contributed by atoms with van der Waals surface area (Å²) in [7, 11) is 0. The fraction of sp³-hybridized carbons (Fsp3) is 0.636. The molecular weight excluding hydrogens is 240 g/mol. The third-order valence-electron chi connectivity index (χ3n) is 2.91. The summed E-state index contributed by atoms with van der Waals surface area (Å²) >= 11 is 5.99. The molecule has 0 radical (unpaired) electrons. The van der Waals surface area contributed by atoms with Crippen molar-refractivity contribution >= 4 is 17.5 Å². The number of rotatable bonds is 4. The molecule has 2 heterocycles. The molecule has 2 aliphatic rings. The second-order valence-corrected chi connectivity index (χ2v) is 4.91. The molecule has 1 aromatic heterocycles. The number of aromatic nitrogens is 2. The monoisotopic (exact) mass is 254 g/mol. The van der Waals surface area contributed by atoms with Crippen LogP contribution in [-0.4, -0.2) is 35.2 Å². The minimum atomic E-state index is 0.295. The minimum absolute atomic E-state index is 0.295. The molecule has 2 N–H and O–H groups in total. The van der Waals surface area contributed by atoms with Crippen LogP contribution in [-0.2, 0) is 0 Å². The SMILES string of the molecule is Clc1cnc(NC2CCNC2)nc1OC1CC1. The van der Waals surface area contributed by atoms with Gasteiger partial charge in [-0.2, -0.15) is 4.98 Å². The van der Waals surface area contributed by atoms with E-state index in [1.807, 2.05) is 0 Å². The van der Waals surface area contributed by atoms with Crippen molar-refractivity contribution in [1.82, 2.24) is 15.3 Å². The van der Waals surface area contributed by atoms with Crippen molar-refractivity contribution in [2.75, 3.05) is 18.4 Å². The van der Waals surface area contributed by atoms with Crippen LogP contribution < -0.4 is 15.4 Å². The minimum Gasteiger partial charge on any atom is -0.473 e. The van der Waals surface area contributed by atoms with Crippen molar-refractivity contribution in [2.24, 2.45) is 0 Å². The quantitative estimate of drug-likeness (QED) is 0.852. The third-order valence-corrected chi connectivity index (χ3v) is 3.17. The Hall–Kier alpha value is -1.07. The zero-order valence-electron chi connectivity index (χ0n) is 9.45. The van der Waals surface area contributed by atoms with Gasteiger partial charge in [0.2, 0.25) is 11.8 Å². The Bertz CT molecular complexity index is 404. The van der Waals surface area contributed by atoms with Crippen molar-refractivity contribution in [2.45, 2.75) is 31.4 Å². The summed E-state index contributed by atoms with van der Waals surface area (Å²) in [6.45, 7) is 1.99. The largest absolute Gasteiger partial charge is 0.473 e. The van der Waals surface area contributed by atoms with E-state index in [4.69, 9.17) is 16.3 Å². The van der Waals surface area contributed by atoms with Crippen LogP contribution in [0, 0.1) is 0 Å². The van der Waals surface area contributed by atoms with E-state index in [1.54, 1.807) is 6.20 Å².